The summed E-state index contributed by atoms with van der Waals surface area (Å²) < 4.78 is 1.01. The number of nitrogens with zero attached hydrogens (tertiary/aromatic N) is 1. The third-order valence-corrected chi connectivity index (χ3v) is 3.70. The van der Waals surface area contributed by atoms with Crippen molar-refractivity contribution in [1.82, 2.24) is 4.98 Å². The number of aromatic nitrogens is 1. The molecule has 0 fully saturated rings. The molecule has 100 valence electrons. The summed E-state index contributed by atoms with van der Waals surface area (Å²) in [6, 6.07) is 6.04. The van der Waals surface area contributed by atoms with Crippen molar-refractivity contribution in [3.05, 3.63) is 39.3 Å². The van der Waals surface area contributed by atoms with Gasteiger partial charge < -0.3 is 10.4 Å². The number of hydrogen-bond acceptors (Lipinski definition) is 4. The number of nitrogens with one attached hydrogen (secondary N) is 1. The molecule has 1 heterocycles. The van der Waals surface area contributed by atoms with Crippen LogP contribution in [-0.4, -0.2) is 16.1 Å². The number of hydrogen-bond donors (Lipinski definition) is 2. The predicted octanol–water partition coefficient (Wildman–Crippen LogP) is 3.97. The van der Waals surface area contributed by atoms with E-state index >= 15 is 0 Å². The number of thiazole rings is 1. The summed E-state index contributed by atoms with van der Waals surface area (Å²) in [4.78, 5) is 14.9. The molecule has 0 radical (unpaired) electrons. The first kappa shape index (κ1) is 14.0. The molecule has 2 N–H and O–H groups in total. The monoisotopic (exact) mass is 340 g/mol. The number of aliphatic carboxylic acids is 1. The maximum absolute atomic E-state index is 10.5. The van der Waals surface area contributed by atoms with Crippen molar-refractivity contribution in [2.75, 3.05) is 5.32 Å². The number of carbonyl (C=O) groups is 1. The van der Waals surface area contributed by atoms with Crippen molar-refractivity contribution in [3.63, 3.8) is 0 Å². The fraction of sp³-hybridized carbons (Fsp3) is 0.231. The molecule has 1 aromatic heterocycles. The molecule has 0 saturated heterocycles. The molecule has 0 aliphatic heterocycles. The van der Waals surface area contributed by atoms with Crippen LogP contribution in [0.5, 0.6) is 0 Å². The highest BCUT2D eigenvalue weighted by Crippen LogP contribution is 2.25. The fourth-order valence-electron chi connectivity index (χ4n) is 1.65. The minimum absolute atomic E-state index is 0.110. The molecule has 0 saturated carbocycles. The molecule has 2 rings (SSSR count). The van der Waals surface area contributed by atoms with E-state index in [1.165, 1.54) is 11.3 Å². The van der Waals surface area contributed by atoms with Crippen LogP contribution in [0.4, 0.5) is 10.8 Å². The minimum Gasteiger partial charge on any atom is -0.481 e. The number of carboxylic acid groups (broad SMARTS) is 1. The second-order valence-corrected chi connectivity index (χ2v) is 5.95. The lowest BCUT2D eigenvalue weighted by atomic mass is 10.2. The SMILES string of the molecule is Cc1cc(Br)cc(Nc2nc(CCC(=O)O)cs2)c1. The summed E-state index contributed by atoms with van der Waals surface area (Å²) in [6.45, 7) is 2.02. The molecule has 0 bridgehead atoms. The van der Waals surface area contributed by atoms with Crippen LogP contribution in [0.25, 0.3) is 0 Å². The Morgan fingerprint density at radius 2 is 2.26 bits per heavy atom. The molecule has 0 atom stereocenters. The van der Waals surface area contributed by atoms with Gasteiger partial charge in [0, 0.05) is 22.0 Å². The number of anilines is 2. The van der Waals surface area contributed by atoms with Crippen LogP contribution in [0.3, 0.4) is 0 Å². The molecule has 0 amide bonds. The van der Waals surface area contributed by atoms with Crippen molar-refractivity contribution in [1.29, 1.82) is 0 Å². The van der Waals surface area contributed by atoms with Gasteiger partial charge in [-0.1, -0.05) is 15.9 Å². The normalized spacial score (nSPS) is 10.4. The summed E-state index contributed by atoms with van der Waals surface area (Å²) in [7, 11) is 0. The van der Waals surface area contributed by atoms with Gasteiger partial charge >= 0.3 is 5.97 Å². The Morgan fingerprint density at radius 3 is 2.95 bits per heavy atom. The molecular weight excluding hydrogens is 328 g/mol. The van der Waals surface area contributed by atoms with E-state index in [1.54, 1.807) is 0 Å². The van der Waals surface area contributed by atoms with E-state index in [2.05, 4.69) is 26.2 Å². The van der Waals surface area contributed by atoms with Crippen LogP contribution in [0.2, 0.25) is 0 Å². The molecule has 0 aliphatic carbocycles. The molecule has 6 heteroatoms. The Morgan fingerprint density at radius 1 is 1.47 bits per heavy atom. The fourth-order valence-corrected chi connectivity index (χ4v) is 3.02. The van der Waals surface area contributed by atoms with Crippen LogP contribution < -0.4 is 5.32 Å². The second-order valence-electron chi connectivity index (χ2n) is 4.18. The number of benzene rings is 1. The zero-order chi connectivity index (χ0) is 13.8. The summed E-state index contributed by atoms with van der Waals surface area (Å²) in [5.74, 6) is -0.801. The summed E-state index contributed by atoms with van der Waals surface area (Å²) in [6.07, 6.45) is 0.574. The van der Waals surface area contributed by atoms with E-state index in [-0.39, 0.29) is 6.42 Å². The lowest BCUT2D eigenvalue weighted by molar-refractivity contribution is -0.136. The number of rotatable bonds is 5. The highest BCUT2D eigenvalue weighted by Gasteiger charge is 2.05. The van der Waals surface area contributed by atoms with Gasteiger partial charge in [0.05, 0.1) is 12.1 Å². The zero-order valence-corrected chi connectivity index (χ0v) is 12.7. The standard InChI is InChI=1S/C13H13BrN2O2S/c1-8-4-9(14)6-11(5-8)16-13-15-10(7-19-13)2-3-12(17)18/h4-7H,2-3H2,1H3,(H,15,16)(H,17,18). The van der Waals surface area contributed by atoms with Crippen LogP contribution >= 0.6 is 27.3 Å². The van der Waals surface area contributed by atoms with Crippen LogP contribution in [0.1, 0.15) is 17.7 Å². The molecule has 4 nitrogen and oxygen atoms in total. The lowest BCUT2D eigenvalue weighted by Crippen LogP contribution is -1.98. The number of aryl methyl sites for hydroxylation is 2. The molecular formula is C13H13BrN2O2S. The first-order chi connectivity index (χ1) is 9.02. The lowest BCUT2D eigenvalue weighted by Gasteiger charge is -2.04. The Hall–Kier alpha value is -1.40. The minimum atomic E-state index is -0.801. The Balaban J connectivity index is 2.05. The van der Waals surface area contributed by atoms with Crippen molar-refractivity contribution < 1.29 is 9.90 Å². The molecule has 0 unspecified atom stereocenters. The topological polar surface area (TPSA) is 62.2 Å². The van der Waals surface area contributed by atoms with E-state index in [1.807, 2.05) is 30.5 Å². The van der Waals surface area contributed by atoms with E-state index in [0.29, 0.717) is 6.42 Å². The Bertz CT molecular complexity index is 578. The van der Waals surface area contributed by atoms with Gasteiger partial charge in [-0.05, 0) is 30.7 Å². The highest BCUT2D eigenvalue weighted by molar-refractivity contribution is 9.10. The maximum Gasteiger partial charge on any atom is 0.303 e. The molecule has 1 aromatic carbocycles. The van der Waals surface area contributed by atoms with Crippen molar-refractivity contribution in [2.45, 2.75) is 19.8 Å². The first-order valence-electron chi connectivity index (χ1n) is 5.73. The summed E-state index contributed by atoms with van der Waals surface area (Å²) in [5, 5.41) is 14.5. The van der Waals surface area contributed by atoms with Gasteiger partial charge in [-0.2, -0.15) is 0 Å². The highest BCUT2D eigenvalue weighted by atomic mass is 79.9. The predicted molar refractivity (Wildman–Crippen MR) is 80.2 cm³/mol. The molecule has 0 aliphatic rings. The van der Waals surface area contributed by atoms with Crippen molar-refractivity contribution in [2.24, 2.45) is 0 Å². The largest absolute Gasteiger partial charge is 0.481 e. The van der Waals surface area contributed by atoms with Gasteiger partial charge in [0.15, 0.2) is 5.13 Å². The van der Waals surface area contributed by atoms with Gasteiger partial charge in [0.25, 0.3) is 0 Å². The average molecular weight is 341 g/mol. The van der Waals surface area contributed by atoms with Gasteiger partial charge in [0.1, 0.15) is 0 Å². The number of halogens is 1. The maximum atomic E-state index is 10.5. The average Bonchev–Trinajstić information content (AvgIpc) is 2.72. The van der Waals surface area contributed by atoms with Crippen LogP contribution in [0, 0.1) is 6.92 Å². The third-order valence-electron chi connectivity index (χ3n) is 2.44. The van der Waals surface area contributed by atoms with E-state index in [0.717, 1.165) is 26.5 Å². The first-order valence-corrected chi connectivity index (χ1v) is 7.40. The second kappa shape index (κ2) is 6.16. The van der Waals surface area contributed by atoms with E-state index < -0.39 is 5.97 Å². The Labute approximate surface area is 123 Å². The summed E-state index contributed by atoms with van der Waals surface area (Å²) in [5.41, 5.74) is 2.92. The quantitative estimate of drug-likeness (QED) is 0.864. The van der Waals surface area contributed by atoms with Gasteiger partial charge in [-0.3, -0.25) is 4.79 Å². The van der Waals surface area contributed by atoms with Crippen LogP contribution in [0.15, 0.2) is 28.1 Å². The number of carboxylic acids is 1. The summed E-state index contributed by atoms with van der Waals surface area (Å²) >= 11 is 4.93. The van der Waals surface area contributed by atoms with Gasteiger partial charge in [-0.25, -0.2) is 4.98 Å². The molecule has 2 aromatic rings. The van der Waals surface area contributed by atoms with Crippen LogP contribution in [-0.2, 0) is 11.2 Å². The van der Waals surface area contributed by atoms with E-state index in [4.69, 9.17) is 5.11 Å². The van der Waals surface area contributed by atoms with Crippen molar-refractivity contribution in [3.8, 4) is 0 Å². The Kier molecular flexibility index (Phi) is 4.55. The van der Waals surface area contributed by atoms with E-state index in [9.17, 15) is 4.79 Å². The third kappa shape index (κ3) is 4.33. The van der Waals surface area contributed by atoms with Gasteiger partial charge in [0.2, 0.25) is 0 Å². The van der Waals surface area contributed by atoms with Crippen molar-refractivity contribution >= 4 is 44.1 Å². The smallest absolute Gasteiger partial charge is 0.303 e. The molecule has 19 heavy (non-hydrogen) atoms. The van der Waals surface area contributed by atoms with Gasteiger partial charge in [-0.15, -0.1) is 11.3 Å². The zero-order valence-electron chi connectivity index (χ0n) is 10.3. The molecule has 0 spiro atoms.